The van der Waals surface area contributed by atoms with E-state index in [4.69, 9.17) is 0 Å². The summed E-state index contributed by atoms with van der Waals surface area (Å²) in [5, 5.41) is 0. The second-order valence-electron chi connectivity index (χ2n) is 6.48. The Morgan fingerprint density at radius 3 is 2.57 bits per heavy atom. The van der Waals surface area contributed by atoms with Gasteiger partial charge in [0.1, 0.15) is 6.54 Å². The third-order valence-electron chi connectivity index (χ3n) is 4.88. The van der Waals surface area contributed by atoms with Gasteiger partial charge < -0.3 is 9.80 Å². The van der Waals surface area contributed by atoms with Gasteiger partial charge in [-0.1, -0.05) is 25.0 Å². The summed E-state index contributed by atoms with van der Waals surface area (Å²) in [5.74, 6) is 0.345. The quantitative estimate of drug-likeness (QED) is 0.798. The number of carbonyl (C=O) groups is 2. The predicted octanol–water partition coefficient (Wildman–Crippen LogP) is 3.16. The zero-order valence-electron chi connectivity index (χ0n) is 13.8. The van der Waals surface area contributed by atoms with Gasteiger partial charge in [-0.05, 0) is 38.2 Å². The van der Waals surface area contributed by atoms with Crippen LogP contribution >= 0.6 is 11.8 Å². The summed E-state index contributed by atoms with van der Waals surface area (Å²) < 4.78 is 0. The summed E-state index contributed by atoms with van der Waals surface area (Å²) in [5.41, 5.74) is 0.963. The molecule has 1 aliphatic heterocycles. The molecule has 0 bridgehead atoms. The van der Waals surface area contributed by atoms with Gasteiger partial charge in [0.2, 0.25) is 11.8 Å². The molecule has 1 aromatic carbocycles. The van der Waals surface area contributed by atoms with Crippen molar-refractivity contribution < 1.29 is 9.59 Å². The van der Waals surface area contributed by atoms with E-state index in [2.05, 4.69) is 0 Å². The molecule has 1 aromatic rings. The maximum absolute atomic E-state index is 12.7. The Bertz CT molecular complexity index is 598. The lowest BCUT2D eigenvalue weighted by atomic mass is 10.0. The number of piperazine rings is 1. The van der Waals surface area contributed by atoms with Crippen LogP contribution in [0.5, 0.6) is 0 Å². The Balaban J connectivity index is 1.77. The van der Waals surface area contributed by atoms with Gasteiger partial charge in [-0.2, -0.15) is 0 Å². The van der Waals surface area contributed by atoms with Crippen molar-refractivity contribution in [2.45, 2.75) is 43.5 Å². The number of para-hydroxylation sites is 1. The first kappa shape index (κ1) is 16.4. The number of benzene rings is 1. The molecule has 2 fully saturated rings. The lowest BCUT2D eigenvalue weighted by molar-refractivity contribution is -0.141. The topological polar surface area (TPSA) is 40.6 Å². The minimum atomic E-state index is 0.00917. The highest BCUT2D eigenvalue weighted by atomic mass is 32.2. The fraction of sp³-hybridized carbons (Fsp3) is 0.556. The number of nitrogens with zero attached hydrogens (tertiary/aromatic N) is 2. The van der Waals surface area contributed by atoms with Crippen molar-refractivity contribution in [1.82, 2.24) is 4.90 Å². The van der Waals surface area contributed by atoms with E-state index in [9.17, 15) is 9.59 Å². The maximum Gasteiger partial charge on any atom is 0.246 e. The number of carbonyl (C=O) groups excluding carboxylic acids is 2. The summed E-state index contributed by atoms with van der Waals surface area (Å²) in [6, 6.07) is 8.00. The third-order valence-corrected chi connectivity index (χ3v) is 5.67. The van der Waals surface area contributed by atoms with Gasteiger partial charge in [-0.25, -0.2) is 0 Å². The zero-order valence-corrected chi connectivity index (χ0v) is 14.6. The number of hydrogen-bond donors (Lipinski definition) is 0. The van der Waals surface area contributed by atoms with Crippen LogP contribution in [0.4, 0.5) is 5.69 Å². The molecular weight excluding hydrogens is 308 g/mol. The fourth-order valence-corrected chi connectivity index (χ4v) is 4.34. The van der Waals surface area contributed by atoms with Crippen LogP contribution in [0.25, 0.3) is 0 Å². The molecule has 0 aromatic heterocycles. The molecule has 1 atom stereocenters. The summed E-state index contributed by atoms with van der Waals surface area (Å²) in [7, 11) is 0. The van der Waals surface area contributed by atoms with E-state index in [-0.39, 0.29) is 30.3 Å². The Morgan fingerprint density at radius 2 is 1.91 bits per heavy atom. The molecule has 5 heteroatoms. The van der Waals surface area contributed by atoms with Crippen molar-refractivity contribution in [1.29, 1.82) is 0 Å². The molecule has 3 rings (SSSR count). The number of anilines is 1. The predicted molar refractivity (Wildman–Crippen MR) is 93.7 cm³/mol. The molecule has 23 heavy (non-hydrogen) atoms. The zero-order chi connectivity index (χ0) is 16.4. The molecule has 1 aliphatic carbocycles. The monoisotopic (exact) mass is 332 g/mol. The van der Waals surface area contributed by atoms with Crippen LogP contribution in [-0.4, -0.2) is 42.1 Å². The Kier molecular flexibility index (Phi) is 4.95. The van der Waals surface area contributed by atoms with E-state index in [1.807, 2.05) is 42.3 Å². The van der Waals surface area contributed by atoms with Gasteiger partial charge in [-0.15, -0.1) is 11.8 Å². The summed E-state index contributed by atoms with van der Waals surface area (Å²) in [6.07, 6.45) is 6.27. The van der Waals surface area contributed by atoms with Gasteiger partial charge >= 0.3 is 0 Å². The van der Waals surface area contributed by atoms with Crippen molar-refractivity contribution in [3.8, 4) is 0 Å². The molecule has 4 nitrogen and oxygen atoms in total. The number of amides is 2. The van der Waals surface area contributed by atoms with E-state index in [1.165, 1.54) is 0 Å². The molecule has 0 N–H and O–H groups in total. The standard InChI is InChI=1S/C18H24N2O2S/c1-13-11-19(18(22)14-7-3-4-8-14)12-17(21)20(13)15-9-5-6-10-16(15)23-2/h5-6,9-10,13-14H,3-4,7-8,11-12H2,1-2H3/t13-/m1/s1. The van der Waals surface area contributed by atoms with E-state index in [1.54, 1.807) is 16.7 Å². The summed E-state index contributed by atoms with van der Waals surface area (Å²) in [4.78, 5) is 30.1. The smallest absolute Gasteiger partial charge is 0.246 e. The first-order valence-corrected chi connectivity index (χ1v) is 9.58. The summed E-state index contributed by atoms with van der Waals surface area (Å²) >= 11 is 1.65. The summed E-state index contributed by atoms with van der Waals surface area (Å²) in [6.45, 7) is 2.87. The highest BCUT2D eigenvalue weighted by Gasteiger charge is 2.36. The molecule has 1 heterocycles. The number of rotatable bonds is 3. The molecule has 1 saturated heterocycles. The highest BCUT2D eigenvalue weighted by molar-refractivity contribution is 7.98. The van der Waals surface area contributed by atoms with Crippen molar-refractivity contribution in [2.24, 2.45) is 5.92 Å². The van der Waals surface area contributed by atoms with Crippen LogP contribution in [-0.2, 0) is 9.59 Å². The van der Waals surface area contributed by atoms with Crippen LogP contribution in [0.2, 0.25) is 0 Å². The first-order chi connectivity index (χ1) is 11.1. The number of thioether (sulfide) groups is 1. The van der Waals surface area contributed by atoms with Crippen LogP contribution in [0.1, 0.15) is 32.6 Å². The minimum absolute atomic E-state index is 0.00917. The van der Waals surface area contributed by atoms with Gasteiger partial charge in [0.05, 0.1) is 11.7 Å². The molecule has 1 saturated carbocycles. The normalized spacial score (nSPS) is 22.7. The van der Waals surface area contributed by atoms with Gasteiger partial charge in [0.25, 0.3) is 0 Å². The second-order valence-corrected chi connectivity index (χ2v) is 7.33. The van der Waals surface area contributed by atoms with Crippen molar-refractivity contribution in [2.75, 3.05) is 24.2 Å². The van der Waals surface area contributed by atoms with Crippen molar-refractivity contribution >= 4 is 29.3 Å². The highest BCUT2D eigenvalue weighted by Crippen LogP contribution is 2.32. The Hall–Kier alpha value is -1.49. The van der Waals surface area contributed by atoms with Crippen LogP contribution < -0.4 is 4.90 Å². The minimum Gasteiger partial charge on any atom is -0.331 e. The third kappa shape index (κ3) is 3.25. The molecule has 0 unspecified atom stereocenters. The molecule has 0 spiro atoms. The van der Waals surface area contributed by atoms with E-state index in [0.717, 1.165) is 36.3 Å². The van der Waals surface area contributed by atoms with Crippen LogP contribution in [0.15, 0.2) is 29.2 Å². The first-order valence-electron chi connectivity index (χ1n) is 8.35. The Morgan fingerprint density at radius 1 is 1.22 bits per heavy atom. The average molecular weight is 332 g/mol. The van der Waals surface area contributed by atoms with E-state index in [0.29, 0.717) is 6.54 Å². The SMILES string of the molecule is CSc1ccccc1N1C(=O)CN(C(=O)C2CCCC2)C[C@H]1C. The molecular formula is C18H24N2O2S. The van der Waals surface area contributed by atoms with Gasteiger partial charge in [-0.3, -0.25) is 9.59 Å². The lowest BCUT2D eigenvalue weighted by Gasteiger charge is -2.40. The van der Waals surface area contributed by atoms with Crippen LogP contribution in [0, 0.1) is 5.92 Å². The average Bonchev–Trinajstić information content (AvgIpc) is 3.08. The lowest BCUT2D eigenvalue weighted by Crippen LogP contribution is -2.58. The van der Waals surface area contributed by atoms with Gasteiger partial charge in [0.15, 0.2) is 0 Å². The molecule has 2 aliphatic rings. The van der Waals surface area contributed by atoms with Crippen LogP contribution in [0.3, 0.4) is 0 Å². The van der Waals surface area contributed by atoms with E-state index < -0.39 is 0 Å². The second kappa shape index (κ2) is 6.95. The van der Waals surface area contributed by atoms with Crippen molar-refractivity contribution in [3.63, 3.8) is 0 Å². The molecule has 0 radical (unpaired) electrons. The Labute approximate surface area is 142 Å². The van der Waals surface area contributed by atoms with Crippen molar-refractivity contribution in [3.05, 3.63) is 24.3 Å². The van der Waals surface area contributed by atoms with E-state index >= 15 is 0 Å². The fourth-order valence-electron chi connectivity index (χ4n) is 3.75. The number of hydrogen-bond acceptors (Lipinski definition) is 3. The maximum atomic E-state index is 12.7. The van der Waals surface area contributed by atoms with Gasteiger partial charge in [0, 0.05) is 17.4 Å². The molecule has 124 valence electrons. The largest absolute Gasteiger partial charge is 0.331 e. The molecule has 2 amide bonds.